The van der Waals surface area contributed by atoms with Gasteiger partial charge in [0.2, 0.25) is 0 Å². The van der Waals surface area contributed by atoms with Gasteiger partial charge in [0.25, 0.3) is 5.91 Å². The Labute approximate surface area is 218 Å². The van der Waals surface area contributed by atoms with Crippen LogP contribution in [0.2, 0.25) is 0 Å². The Bertz CT molecular complexity index is 1160. The van der Waals surface area contributed by atoms with Crippen molar-refractivity contribution in [1.29, 1.82) is 0 Å². The minimum Gasteiger partial charge on any atom is -0.478 e. The molecule has 3 heterocycles. The predicted octanol–water partition coefficient (Wildman–Crippen LogP) is 4.77. The number of nitrogens with zero attached hydrogens (tertiary/aromatic N) is 1. The van der Waals surface area contributed by atoms with Gasteiger partial charge in [0.1, 0.15) is 0 Å². The summed E-state index contributed by atoms with van der Waals surface area (Å²) >= 11 is 0. The third kappa shape index (κ3) is 5.05. The van der Waals surface area contributed by atoms with Gasteiger partial charge >= 0.3 is 5.97 Å². The molecule has 2 aromatic carbocycles. The zero-order chi connectivity index (χ0) is 26.4. The van der Waals surface area contributed by atoms with Gasteiger partial charge in [-0.3, -0.25) is 4.79 Å². The van der Waals surface area contributed by atoms with E-state index in [0.29, 0.717) is 30.8 Å². The number of benzene rings is 2. The van der Waals surface area contributed by atoms with Crippen LogP contribution in [0.4, 0.5) is 0 Å². The highest BCUT2D eigenvalue weighted by Crippen LogP contribution is 2.49. The van der Waals surface area contributed by atoms with Crippen LogP contribution in [0.5, 0.6) is 0 Å². The van der Waals surface area contributed by atoms with Crippen LogP contribution in [-0.2, 0) is 9.47 Å². The van der Waals surface area contributed by atoms with Crippen molar-refractivity contribution < 1.29 is 29.3 Å². The van der Waals surface area contributed by atoms with Crippen LogP contribution in [0.25, 0.3) is 11.1 Å². The summed E-state index contributed by atoms with van der Waals surface area (Å²) < 4.78 is 12.6. The Hall–Kier alpha value is -2.74. The average molecular weight is 508 g/mol. The summed E-state index contributed by atoms with van der Waals surface area (Å²) in [6.45, 7) is 7.76. The highest BCUT2D eigenvalue weighted by Gasteiger charge is 2.53. The minimum absolute atomic E-state index is 0.00231. The van der Waals surface area contributed by atoms with Crippen molar-refractivity contribution >= 4 is 11.9 Å². The number of ether oxygens (including phenoxy) is 2. The lowest BCUT2D eigenvalue weighted by Gasteiger charge is -2.39. The third-order valence-corrected chi connectivity index (χ3v) is 8.70. The first-order valence-corrected chi connectivity index (χ1v) is 13.2. The number of aliphatic hydroxyl groups is 1. The van der Waals surface area contributed by atoms with Crippen molar-refractivity contribution in [2.24, 2.45) is 5.41 Å². The van der Waals surface area contributed by atoms with Gasteiger partial charge in [-0.05, 0) is 87.6 Å². The van der Waals surface area contributed by atoms with E-state index in [1.165, 1.54) is 0 Å². The number of amides is 1. The molecule has 2 N–H and O–H groups in total. The highest BCUT2D eigenvalue weighted by molar-refractivity contribution is 5.97. The molecule has 0 unspecified atom stereocenters. The average Bonchev–Trinajstić information content (AvgIpc) is 3.49. The first-order valence-electron chi connectivity index (χ1n) is 13.2. The largest absolute Gasteiger partial charge is 0.478 e. The smallest absolute Gasteiger partial charge is 0.336 e. The van der Waals surface area contributed by atoms with Gasteiger partial charge in [-0.2, -0.15) is 0 Å². The summed E-state index contributed by atoms with van der Waals surface area (Å²) in [5.41, 5.74) is 1.07. The van der Waals surface area contributed by atoms with E-state index in [9.17, 15) is 19.8 Å². The molecule has 0 bridgehead atoms. The van der Waals surface area contributed by atoms with Gasteiger partial charge in [-0.25, -0.2) is 4.79 Å². The van der Waals surface area contributed by atoms with E-state index in [0.717, 1.165) is 37.7 Å². The lowest BCUT2D eigenvalue weighted by Crippen LogP contribution is -2.45. The van der Waals surface area contributed by atoms with Crippen molar-refractivity contribution in [2.75, 3.05) is 19.7 Å². The van der Waals surface area contributed by atoms with Crippen LogP contribution in [-0.4, -0.2) is 70.1 Å². The molecule has 3 saturated heterocycles. The van der Waals surface area contributed by atoms with Crippen LogP contribution < -0.4 is 0 Å². The number of carboxylic acids is 1. The summed E-state index contributed by atoms with van der Waals surface area (Å²) in [5.74, 6) is -0.968. The normalized spacial score (nSPS) is 27.5. The van der Waals surface area contributed by atoms with Crippen molar-refractivity contribution in [1.82, 2.24) is 4.90 Å². The summed E-state index contributed by atoms with van der Waals surface area (Å²) in [6.07, 6.45) is 4.23. The Balaban J connectivity index is 1.20. The van der Waals surface area contributed by atoms with E-state index in [1.54, 1.807) is 44.2 Å². The maximum Gasteiger partial charge on any atom is 0.336 e. The van der Waals surface area contributed by atoms with E-state index in [2.05, 4.69) is 6.92 Å². The van der Waals surface area contributed by atoms with Gasteiger partial charge < -0.3 is 24.6 Å². The summed E-state index contributed by atoms with van der Waals surface area (Å²) in [7, 11) is 0. The number of rotatable bonds is 5. The van der Waals surface area contributed by atoms with Gasteiger partial charge in [0.05, 0.1) is 35.6 Å². The second kappa shape index (κ2) is 9.53. The second-order valence-electron chi connectivity index (χ2n) is 11.8. The lowest BCUT2D eigenvalue weighted by atomic mass is 9.74. The lowest BCUT2D eigenvalue weighted by molar-refractivity contribution is -0.155. The molecular weight excluding hydrogens is 470 g/mol. The molecule has 7 heteroatoms. The van der Waals surface area contributed by atoms with Crippen LogP contribution in [0, 0.1) is 5.41 Å². The maximum atomic E-state index is 13.2. The molecule has 37 heavy (non-hydrogen) atoms. The molecule has 1 amide bonds. The van der Waals surface area contributed by atoms with Crippen molar-refractivity contribution in [3.05, 3.63) is 59.7 Å². The molecule has 5 rings (SSSR count). The van der Waals surface area contributed by atoms with Crippen LogP contribution in [0.1, 0.15) is 73.6 Å². The van der Waals surface area contributed by atoms with E-state index >= 15 is 0 Å². The fourth-order valence-corrected chi connectivity index (χ4v) is 6.20. The summed E-state index contributed by atoms with van der Waals surface area (Å²) in [5, 5.41) is 19.9. The predicted molar refractivity (Wildman–Crippen MR) is 140 cm³/mol. The van der Waals surface area contributed by atoms with Crippen molar-refractivity contribution in [3.8, 4) is 11.1 Å². The SMILES string of the molecule is CC(C)(O)[C@@H]1CC[C@](C)([C@H]2CC3(CCN(C(=O)c4ccc(-c5ccccc5C(=O)O)cc4)CC3)CO2)O1. The molecular formula is C30H37NO6. The number of carbonyl (C=O) groups is 2. The van der Waals surface area contributed by atoms with Gasteiger partial charge in [-0.15, -0.1) is 0 Å². The zero-order valence-electron chi connectivity index (χ0n) is 21.9. The monoisotopic (exact) mass is 507 g/mol. The number of hydrogen-bond donors (Lipinski definition) is 2. The standard InChI is InChI=1S/C30H37NO6/c1-28(2,35)24-12-13-29(3,37-24)25-18-30(19-36-25)14-16-31(17-15-30)26(32)21-10-8-20(9-11-21)22-6-4-5-7-23(22)27(33)34/h4-11,24-25,35H,12-19H2,1-3H3,(H,33,34)/t24-,25+,29+/m0/s1. The number of carbonyl (C=O) groups excluding carboxylic acids is 1. The molecule has 3 aliphatic heterocycles. The van der Waals surface area contributed by atoms with Crippen LogP contribution >= 0.6 is 0 Å². The zero-order valence-corrected chi connectivity index (χ0v) is 21.9. The molecule has 7 nitrogen and oxygen atoms in total. The molecule has 3 atom stereocenters. The molecule has 3 fully saturated rings. The van der Waals surface area contributed by atoms with Crippen LogP contribution in [0.15, 0.2) is 48.5 Å². The second-order valence-corrected chi connectivity index (χ2v) is 11.8. The first-order chi connectivity index (χ1) is 17.5. The van der Waals surface area contributed by atoms with E-state index in [1.807, 2.05) is 23.1 Å². The molecule has 0 radical (unpaired) electrons. The Morgan fingerprint density at radius 1 is 1.03 bits per heavy atom. The van der Waals surface area contributed by atoms with Gasteiger partial charge in [0, 0.05) is 18.7 Å². The summed E-state index contributed by atoms with van der Waals surface area (Å²) in [6, 6.07) is 14.1. The molecule has 1 spiro atoms. The van der Waals surface area contributed by atoms with Crippen molar-refractivity contribution in [3.63, 3.8) is 0 Å². The number of piperidine rings is 1. The topological polar surface area (TPSA) is 96.3 Å². The van der Waals surface area contributed by atoms with E-state index in [4.69, 9.17) is 9.47 Å². The first kappa shape index (κ1) is 25.9. The molecule has 3 aliphatic rings. The minimum atomic E-state index is -0.971. The van der Waals surface area contributed by atoms with Crippen LogP contribution in [0.3, 0.4) is 0 Å². The Kier molecular flexibility index (Phi) is 6.67. The number of aromatic carboxylic acids is 1. The molecule has 198 valence electrons. The van der Waals surface area contributed by atoms with Gasteiger partial charge in [-0.1, -0.05) is 30.3 Å². The molecule has 0 aromatic heterocycles. The molecule has 0 saturated carbocycles. The molecule has 0 aliphatic carbocycles. The fourth-order valence-electron chi connectivity index (χ4n) is 6.20. The van der Waals surface area contributed by atoms with E-state index < -0.39 is 11.6 Å². The highest BCUT2D eigenvalue weighted by atomic mass is 16.6. The fraction of sp³-hybridized carbons (Fsp3) is 0.533. The number of carboxylic acid groups (broad SMARTS) is 1. The Morgan fingerprint density at radius 3 is 2.32 bits per heavy atom. The quantitative estimate of drug-likeness (QED) is 0.605. The summed E-state index contributed by atoms with van der Waals surface area (Å²) in [4.78, 5) is 26.7. The van der Waals surface area contributed by atoms with Crippen molar-refractivity contribution in [2.45, 2.75) is 76.3 Å². The molecule has 2 aromatic rings. The van der Waals surface area contributed by atoms with E-state index in [-0.39, 0.29) is 34.7 Å². The number of likely N-dealkylation sites (tertiary alicyclic amines) is 1. The number of hydrogen-bond acceptors (Lipinski definition) is 5. The maximum absolute atomic E-state index is 13.2. The third-order valence-electron chi connectivity index (χ3n) is 8.70. The van der Waals surface area contributed by atoms with Gasteiger partial charge in [0.15, 0.2) is 0 Å². The Morgan fingerprint density at radius 2 is 1.70 bits per heavy atom.